The molecule has 4 unspecified atom stereocenters. The van der Waals surface area contributed by atoms with Crippen LogP contribution < -0.4 is 10.6 Å². The van der Waals surface area contributed by atoms with Crippen LogP contribution in [0.5, 0.6) is 0 Å². The zero-order valence-electron chi connectivity index (χ0n) is 9.33. The SMILES string of the molecule is CNC(=O)CCNC1C2C3CCC(C3)C12. The standard InChI is InChI=1S/C12H20N2O/c1-13-9(15)4-5-14-12-10-7-2-3-8(6-7)11(10)12/h7-8,10-12,14H,2-6H2,1H3,(H,13,15). The third-order valence-corrected chi connectivity index (χ3v) is 4.75. The van der Waals surface area contributed by atoms with E-state index < -0.39 is 0 Å². The Labute approximate surface area is 91.0 Å². The fourth-order valence-corrected chi connectivity index (χ4v) is 4.08. The highest BCUT2D eigenvalue weighted by Crippen LogP contribution is 2.65. The first kappa shape index (κ1) is 9.64. The van der Waals surface area contributed by atoms with Crippen LogP contribution in [-0.4, -0.2) is 25.5 Å². The van der Waals surface area contributed by atoms with Gasteiger partial charge in [-0.3, -0.25) is 4.79 Å². The summed E-state index contributed by atoms with van der Waals surface area (Å²) in [6.07, 6.45) is 5.07. The van der Waals surface area contributed by atoms with Gasteiger partial charge < -0.3 is 10.6 Å². The molecule has 2 bridgehead atoms. The lowest BCUT2D eigenvalue weighted by atomic mass is 10.0. The molecule has 3 nitrogen and oxygen atoms in total. The molecule has 15 heavy (non-hydrogen) atoms. The van der Waals surface area contributed by atoms with Crippen molar-refractivity contribution in [1.82, 2.24) is 10.6 Å². The van der Waals surface area contributed by atoms with E-state index in [1.165, 1.54) is 19.3 Å². The van der Waals surface area contributed by atoms with Gasteiger partial charge in [0.25, 0.3) is 0 Å². The van der Waals surface area contributed by atoms with E-state index in [1.54, 1.807) is 7.05 Å². The maximum absolute atomic E-state index is 11.1. The molecule has 0 aliphatic heterocycles. The van der Waals surface area contributed by atoms with Gasteiger partial charge in [-0.05, 0) is 42.9 Å². The maximum atomic E-state index is 11.1. The normalized spacial score (nSPS) is 45.3. The Hall–Kier alpha value is -0.570. The molecule has 3 aliphatic rings. The van der Waals surface area contributed by atoms with Crippen LogP contribution in [0.4, 0.5) is 0 Å². The molecule has 0 aromatic heterocycles. The summed E-state index contributed by atoms with van der Waals surface area (Å²) < 4.78 is 0. The highest BCUT2D eigenvalue weighted by atomic mass is 16.1. The van der Waals surface area contributed by atoms with Crippen molar-refractivity contribution in [3.63, 3.8) is 0 Å². The van der Waals surface area contributed by atoms with Gasteiger partial charge in [-0.2, -0.15) is 0 Å². The second-order valence-corrected chi connectivity index (χ2v) is 5.39. The van der Waals surface area contributed by atoms with E-state index in [-0.39, 0.29) is 5.91 Å². The van der Waals surface area contributed by atoms with Crippen LogP contribution >= 0.6 is 0 Å². The lowest BCUT2D eigenvalue weighted by Crippen LogP contribution is -2.28. The smallest absolute Gasteiger partial charge is 0.221 e. The first-order valence-corrected chi connectivity index (χ1v) is 6.25. The maximum Gasteiger partial charge on any atom is 0.221 e. The van der Waals surface area contributed by atoms with Gasteiger partial charge >= 0.3 is 0 Å². The Morgan fingerprint density at radius 3 is 2.53 bits per heavy atom. The molecule has 0 spiro atoms. The molecular weight excluding hydrogens is 188 g/mol. The summed E-state index contributed by atoms with van der Waals surface area (Å²) in [7, 11) is 1.70. The average molecular weight is 208 g/mol. The van der Waals surface area contributed by atoms with E-state index >= 15 is 0 Å². The number of carbonyl (C=O) groups is 1. The van der Waals surface area contributed by atoms with Gasteiger partial charge in [0, 0.05) is 26.1 Å². The highest BCUT2D eigenvalue weighted by molar-refractivity contribution is 5.75. The summed E-state index contributed by atoms with van der Waals surface area (Å²) in [5.41, 5.74) is 0. The largest absolute Gasteiger partial charge is 0.359 e. The van der Waals surface area contributed by atoms with Crippen molar-refractivity contribution in [3.05, 3.63) is 0 Å². The second-order valence-electron chi connectivity index (χ2n) is 5.39. The van der Waals surface area contributed by atoms with Crippen LogP contribution in [0.3, 0.4) is 0 Å². The van der Waals surface area contributed by atoms with Crippen LogP contribution in [-0.2, 0) is 4.79 Å². The van der Waals surface area contributed by atoms with Crippen molar-refractivity contribution in [3.8, 4) is 0 Å². The van der Waals surface area contributed by atoms with Gasteiger partial charge in [0.05, 0.1) is 0 Å². The number of hydrogen-bond donors (Lipinski definition) is 2. The van der Waals surface area contributed by atoms with Gasteiger partial charge in [0.2, 0.25) is 5.91 Å². The molecule has 0 saturated heterocycles. The minimum absolute atomic E-state index is 0.149. The van der Waals surface area contributed by atoms with Crippen molar-refractivity contribution >= 4 is 5.91 Å². The van der Waals surface area contributed by atoms with Crippen LogP contribution in [0.1, 0.15) is 25.7 Å². The average Bonchev–Trinajstić information content (AvgIpc) is 2.67. The zero-order chi connectivity index (χ0) is 10.4. The summed E-state index contributed by atoms with van der Waals surface area (Å²) in [6, 6.07) is 0.765. The zero-order valence-corrected chi connectivity index (χ0v) is 9.33. The van der Waals surface area contributed by atoms with Crippen molar-refractivity contribution in [2.24, 2.45) is 23.7 Å². The number of nitrogens with one attached hydrogen (secondary N) is 2. The molecule has 0 radical (unpaired) electrons. The number of hydrogen-bond acceptors (Lipinski definition) is 2. The number of rotatable bonds is 4. The molecule has 1 amide bonds. The quantitative estimate of drug-likeness (QED) is 0.716. The van der Waals surface area contributed by atoms with Crippen molar-refractivity contribution < 1.29 is 4.79 Å². The molecule has 0 aromatic rings. The molecule has 3 saturated carbocycles. The van der Waals surface area contributed by atoms with E-state index in [1.807, 2.05) is 0 Å². The van der Waals surface area contributed by atoms with Crippen molar-refractivity contribution in [1.29, 1.82) is 0 Å². The molecule has 3 aliphatic carbocycles. The van der Waals surface area contributed by atoms with Crippen molar-refractivity contribution in [2.75, 3.05) is 13.6 Å². The van der Waals surface area contributed by atoms with Gasteiger partial charge in [0.1, 0.15) is 0 Å². The monoisotopic (exact) mass is 208 g/mol. The Morgan fingerprint density at radius 2 is 1.93 bits per heavy atom. The third kappa shape index (κ3) is 1.48. The summed E-state index contributed by atoms with van der Waals surface area (Å²) in [5.74, 6) is 4.16. The topological polar surface area (TPSA) is 41.1 Å². The molecule has 2 N–H and O–H groups in total. The van der Waals surface area contributed by atoms with Crippen molar-refractivity contribution in [2.45, 2.75) is 31.7 Å². The van der Waals surface area contributed by atoms with Crippen LogP contribution in [0.2, 0.25) is 0 Å². The molecule has 0 aromatic carbocycles. The second kappa shape index (κ2) is 3.48. The van der Waals surface area contributed by atoms with Gasteiger partial charge in [-0.15, -0.1) is 0 Å². The third-order valence-electron chi connectivity index (χ3n) is 4.75. The van der Waals surface area contributed by atoms with E-state index in [2.05, 4.69) is 10.6 Å². The summed E-state index contributed by atoms with van der Waals surface area (Å²) >= 11 is 0. The lowest BCUT2D eigenvalue weighted by Gasteiger charge is -2.09. The summed E-state index contributed by atoms with van der Waals surface area (Å²) in [6.45, 7) is 0.858. The Kier molecular flexibility index (Phi) is 2.23. The van der Waals surface area contributed by atoms with E-state index in [0.717, 1.165) is 36.3 Å². The molecule has 3 heteroatoms. The van der Waals surface area contributed by atoms with Crippen LogP contribution in [0.25, 0.3) is 0 Å². The van der Waals surface area contributed by atoms with E-state index in [9.17, 15) is 4.79 Å². The molecule has 3 fully saturated rings. The van der Waals surface area contributed by atoms with E-state index in [4.69, 9.17) is 0 Å². The molecular formula is C12H20N2O. The fraction of sp³-hybridized carbons (Fsp3) is 0.917. The Bertz CT molecular complexity index is 263. The molecule has 84 valence electrons. The van der Waals surface area contributed by atoms with Gasteiger partial charge in [-0.25, -0.2) is 0 Å². The molecule has 3 rings (SSSR count). The van der Waals surface area contributed by atoms with Gasteiger partial charge in [0.15, 0.2) is 0 Å². The molecule has 4 atom stereocenters. The predicted octanol–water partition coefficient (Wildman–Crippen LogP) is 0.757. The summed E-state index contributed by atoms with van der Waals surface area (Å²) in [5, 5.41) is 6.22. The first-order valence-electron chi connectivity index (χ1n) is 6.25. The number of fused-ring (bicyclic) bond motifs is 5. The lowest BCUT2D eigenvalue weighted by molar-refractivity contribution is -0.120. The Balaban J connectivity index is 1.43. The van der Waals surface area contributed by atoms with Crippen LogP contribution in [0, 0.1) is 23.7 Å². The molecule has 0 heterocycles. The minimum Gasteiger partial charge on any atom is -0.359 e. The fourth-order valence-electron chi connectivity index (χ4n) is 4.08. The first-order chi connectivity index (χ1) is 7.31. The summed E-state index contributed by atoms with van der Waals surface area (Å²) in [4.78, 5) is 11.1. The van der Waals surface area contributed by atoms with Gasteiger partial charge in [-0.1, -0.05) is 0 Å². The van der Waals surface area contributed by atoms with Crippen LogP contribution in [0.15, 0.2) is 0 Å². The Morgan fingerprint density at radius 1 is 1.27 bits per heavy atom. The number of carbonyl (C=O) groups excluding carboxylic acids is 1. The highest BCUT2D eigenvalue weighted by Gasteiger charge is 2.64. The van der Waals surface area contributed by atoms with E-state index in [0.29, 0.717) is 6.42 Å². The minimum atomic E-state index is 0.149. The number of amides is 1. The predicted molar refractivity (Wildman–Crippen MR) is 58.3 cm³/mol.